The van der Waals surface area contributed by atoms with Crippen LogP contribution in [-0.2, 0) is 12.8 Å². The van der Waals surface area contributed by atoms with Gasteiger partial charge in [-0.25, -0.2) is 9.61 Å². The number of oxazole rings is 1. The van der Waals surface area contributed by atoms with Crippen molar-refractivity contribution in [2.75, 3.05) is 6.54 Å². The van der Waals surface area contributed by atoms with Gasteiger partial charge >= 0.3 is 0 Å². The Balaban J connectivity index is 1.35. The summed E-state index contributed by atoms with van der Waals surface area (Å²) >= 11 is 0. The normalized spacial score (nSPS) is 16.4. The molecule has 1 amide bonds. The van der Waals surface area contributed by atoms with E-state index < -0.39 is 0 Å². The summed E-state index contributed by atoms with van der Waals surface area (Å²) in [5.41, 5.74) is 4.73. The Bertz CT molecular complexity index is 1180. The van der Waals surface area contributed by atoms with E-state index in [0.29, 0.717) is 35.5 Å². The fraction of sp³-hybridized carbons (Fsp3) is 0.304. The first-order valence-corrected chi connectivity index (χ1v) is 10.2. The van der Waals surface area contributed by atoms with E-state index in [-0.39, 0.29) is 11.9 Å². The summed E-state index contributed by atoms with van der Waals surface area (Å²) in [6, 6.07) is 15.6. The molecule has 1 fully saturated rings. The van der Waals surface area contributed by atoms with Crippen molar-refractivity contribution in [3.8, 4) is 0 Å². The topological polar surface area (TPSA) is 85.3 Å². The second-order valence-corrected chi connectivity index (χ2v) is 7.67. The number of rotatable bonds is 5. The maximum absolute atomic E-state index is 13.2. The highest BCUT2D eigenvalue weighted by molar-refractivity contribution is 5.97. The van der Waals surface area contributed by atoms with Crippen molar-refractivity contribution >= 4 is 17.0 Å². The zero-order chi connectivity index (χ0) is 20.5. The minimum atomic E-state index is -0.0989. The van der Waals surface area contributed by atoms with Crippen LogP contribution in [0.5, 0.6) is 0 Å². The maximum Gasteiger partial charge on any atom is 0.254 e. The van der Waals surface area contributed by atoms with E-state index in [2.05, 4.69) is 27.4 Å². The molecule has 1 atom stereocenters. The molecule has 1 aliphatic heterocycles. The molecule has 4 aromatic rings. The van der Waals surface area contributed by atoms with Crippen molar-refractivity contribution in [3.63, 3.8) is 0 Å². The van der Waals surface area contributed by atoms with Gasteiger partial charge in [0.25, 0.3) is 5.91 Å². The van der Waals surface area contributed by atoms with Crippen LogP contribution in [0.15, 0.2) is 57.6 Å². The molecule has 0 saturated carbocycles. The van der Waals surface area contributed by atoms with E-state index in [9.17, 15) is 4.79 Å². The van der Waals surface area contributed by atoms with Gasteiger partial charge < -0.3 is 9.32 Å². The first-order chi connectivity index (χ1) is 14.7. The largest absolute Gasteiger partial charge is 0.441 e. The maximum atomic E-state index is 13.2. The Labute approximate surface area is 173 Å². The van der Waals surface area contributed by atoms with Gasteiger partial charge in [0, 0.05) is 18.5 Å². The van der Waals surface area contributed by atoms with Crippen molar-refractivity contribution in [2.45, 2.75) is 38.6 Å². The van der Waals surface area contributed by atoms with Crippen LogP contribution in [0.3, 0.4) is 0 Å². The summed E-state index contributed by atoms with van der Waals surface area (Å²) in [6.07, 6.45) is 3.36. The van der Waals surface area contributed by atoms with Crippen LogP contribution in [0.4, 0.5) is 0 Å². The first kappa shape index (κ1) is 18.5. The smallest absolute Gasteiger partial charge is 0.254 e. The van der Waals surface area contributed by atoms with Gasteiger partial charge in [-0.3, -0.25) is 4.79 Å². The molecule has 3 heterocycles. The van der Waals surface area contributed by atoms with Crippen molar-refractivity contribution in [1.29, 1.82) is 0 Å². The van der Waals surface area contributed by atoms with Gasteiger partial charge in [-0.1, -0.05) is 40.6 Å². The van der Waals surface area contributed by atoms with E-state index in [1.165, 1.54) is 5.56 Å². The molecule has 7 nitrogen and oxygen atoms in total. The third-order valence-corrected chi connectivity index (χ3v) is 5.67. The first-order valence-electron chi connectivity index (χ1n) is 10.2. The number of carbonyl (C=O) groups is 1. The van der Waals surface area contributed by atoms with Crippen LogP contribution < -0.4 is 0 Å². The van der Waals surface area contributed by atoms with Crippen molar-refractivity contribution in [1.82, 2.24) is 20.2 Å². The zero-order valence-corrected chi connectivity index (χ0v) is 16.7. The lowest BCUT2D eigenvalue weighted by Gasteiger charge is -2.23. The van der Waals surface area contributed by atoms with Gasteiger partial charge in [-0.05, 0) is 49.9 Å². The second kappa shape index (κ2) is 7.74. The molecule has 0 bridgehead atoms. The molecule has 0 aliphatic carbocycles. The Hall–Kier alpha value is -3.48. The number of fused-ring (bicyclic) bond motifs is 1. The monoisotopic (exact) mass is 402 g/mol. The summed E-state index contributed by atoms with van der Waals surface area (Å²) in [4.78, 5) is 19.7. The highest BCUT2D eigenvalue weighted by atomic mass is 16.6. The molecule has 30 heavy (non-hydrogen) atoms. The summed E-state index contributed by atoms with van der Waals surface area (Å²) in [7, 11) is 0. The third kappa shape index (κ3) is 3.47. The molecule has 5 rings (SSSR count). The van der Waals surface area contributed by atoms with E-state index in [0.717, 1.165) is 30.7 Å². The van der Waals surface area contributed by atoms with E-state index >= 15 is 0 Å². The number of likely N-dealkylation sites (tertiary alicyclic amines) is 1. The molecule has 2 aromatic carbocycles. The van der Waals surface area contributed by atoms with Gasteiger partial charge in [-0.15, -0.1) is 0 Å². The molecule has 1 saturated heterocycles. The number of hydrogen-bond acceptors (Lipinski definition) is 6. The van der Waals surface area contributed by atoms with Gasteiger partial charge in [0.1, 0.15) is 16.9 Å². The van der Waals surface area contributed by atoms with Crippen molar-refractivity contribution in [2.24, 2.45) is 0 Å². The van der Waals surface area contributed by atoms with Crippen molar-refractivity contribution < 1.29 is 13.8 Å². The Morgan fingerprint density at radius 2 is 2.00 bits per heavy atom. The molecule has 0 unspecified atom stereocenters. The lowest BCUT2D eigenvalue weighted by atomic mass is 10.1. The number of aryl methyl sites for hydroxylation is 3. The average molecular weight is 402 g/mol. The fourth-order valence-corrected chi connectivity index (χ4v) is 4.11. The molecule has 2 aromatic heterocycles. The fourth-order valence-electron chi connectivity index (χ4n) is 4.11. The van der Waals surface area contributed by atoms with Crippen LogP contribution in [0.1, 0.15) is 52.1 Å². The molecule has 0 radical (unpaired) electrons. The number of hydrogen-bond donors (Lipinski definition) is 0. The van der Waals surface area contributed by atoms with Gasteiger partial charge in [0.15, 0.2) is 11.5 Å². The number of carbonyl (C=O) groups excluding carboxylic acids is 1. The molecule has 7 heteroatoms. The molecule has 0 N–H and O–H groups in total. The van der Waals surface area contributed by atoms with Crippen LogP contribution in [0.25, 0.3) is 11.1 Å². The lowest BCUT2D eigenvalue weighted by Crippen LogP contribution is -2.31. The molecular formula is C23H22N4O3. The summed E-state index contributed by atoms with van der Waals surface area (Å²) in [6.45, 7) is 2.54. The van der Waals surface area contributed by atoms with E-state index in [4.69, 9.17) is 9.05 Å². The number of nitrogens with zero attached hydrogens (tertiary/aromatic N) is 4. The van der Waals surface area contributed by atoms with Crippen molar-refractivity contribution in [3.05, 3.63) is 76.9 Å². The minimum absolute atomic E-state index is 0.0318. The van der Waals surface area contributed by atoms with Crippen LogP contribution in [0.2, 0.25) is 0 Å². The molecule has 1 aliphatic rings. The number of benzene rings is 2. The summed E-state index contributed by atoms with van der Waals surface area (Å²) < 4.78 is 10.7. The molecule has 152 valence electrons. The average Bonchev–Trinajstić information content (AvgIpc) is 3.50. The minimum Gasteiger partial charge on any atom is -0.441 e. The molecular weight excluding hydrogens is 380 g/mol. The van der Waals surface area contributed by atoms with E-state index in [1.807, 2.05) is 42.2 Å². The predicted molar refractivity (Wildman–Crippen MR) is 110 cm³/mol. The number of amides is 1. The highest BCUT2D eigenvalue weighted by Gasteiger charge is 2.34. The zero-order valence-electron chi connectivity index (χ0n) is 16.7. The Morgan fingerprint density at radius 1 is 1.13 bits per heavy atom. The van der Waals surface area contributed by atoms with Crippen LogP contribution in [0, 0.1) is 6.92 Å². The Kier molecular flexibility index (Phi) is 4.78. The summed E-state index contributed by atoms with van der Waals surface area (Å²) in [5, 5.41) is 7.88. The third-order valence-electron chi connectivity index (χ3n) is 5.67. The van der Waals surface area contributed by atoms with Gasteiger partial charge in [0.2, 0.25) is 0 Å². The second-order valence-electron chi connectivity index (χ2n) is 7.67. The SMILES string of the molecule is Cc1nonc1[C@H]1CCCN1C(=O)c1ccc2oc(CCc3ccccc3)nc2c1. The molecule has 0 spiro atoms. The summed E-state index contributed by atoms with van der Waals surface area (Å²) in [5.74, 6) is 0.650. The quantitative estimate of drug-likeness (QED) is 0.495. The van der Waals surface area contributed by atoms with Gasteiger partial charge in [-0.2, -0.15) is 0 Å². The Morgan fingerprint density at radius 3 is 2.80 bits per heavy atom. The van der Waals surface area contributed by atoms with Gasteiger partial charge in [0.05, 0.1) is 6.04 Å². The standard InChI is InChI=1S/C23H22N4O3/c1-15-22(26-30-25-15)19-8-5-13-27(19)23(28)17-10-11-20-18(14-17)24-21(29-20)12-9-16-6-3-2-4-7-16/h2-4,6-7,10-11,14,19H,5,8-9,12-13H2,1H3/t19-/m1/s1. The van der Waals surface area contributed by atoms with Crippen LogP contribution in [-0.4, -0.2) is 32.6 Å². The number of aromatic nitrogens is 3. The van der Waals surface area contributed by atoms with E-state index in [1.54, 1.807) is 6.07 Å². The van der Waals surface area contributed by atoms with Crippen LogP contribution >= 0.6 is 0 Å². The lowest BCUT2D eigenvalue weighted by molar-refractivity contribution is 0.0730. The predicted octanol–water partition coefficient (Wildman–Crippen LogP) is 4.28. The highest BCUT2D eigenvalue weighted by Crippen LogP contribution is 2.33.